The average Bonchev–Trinajstić information content (AvgIpc) is 2.14. The maximum absolute atomic E-state index is 9.19. The second-order valence-corrected chi connectivity index (χ2v) is 5.58. The second-order valence-electron chi connectivity index (χ2n) is 5.58. The molecule has 3 unspecified atom stereocenters. The quantitative estimate of drug-likeness (QED) is 0.731. The number of hydrogen-bond acceptors (Lipinski definition) is 3. The van der Waals surface area contributed by atoms with Gasteiger partial charge < -0.3 is 10.8 Å². The average molecular weight is 216 g/mol. The van der Waals surface area contributed by atoms with Crippen LogP contribution in [0.5, 0.6) is 0 Å². The second kappa shape index (κ2) is 5.83. The van der Waals surface area contributed by atoms with Crippen LogP contribution in [0.1, 0.15) is 41.0 Å². The number of hydrogen-bond donors (Lipinski definition) is 2. The van der Waals surface area contributed by atoms with Crippen molar-refractivity contribution in [3.05, 3.63) is 0 Å². The molecule has 0 bridgehead atoms. The lowest BCUT2D eigenvalue weighted by Gasteiger charge is -2.44. The zero-order chi connectivity index (χ0) is 12.2. The number of likely N-dealkylation sites (N-methyl/N-ethyl adjacent to an activating group) is 1. The van der Waals surface area contributed by atoms with Crippen molar-refractivity contribution >= 4 is 0 Å². The zero-order valence-corrected chi connectivity index (χ0v) is 11.1. The maximum atomic E-state index is 9.19. The normalized spacial score (nSPS) is 19.0. The molecule has 92 valence electrons. The van der Waals surface area contributed by atoms with Gasteiger partial charge in [0.15, 0.2) is 0 Å². The Hall–Kier alpha value is -0.120. The van der Waals surface area contributed by atoms with Gasteiger partial charge in [0.1, 0.15) is 0 Å². The van der Waals surface area contributed by atoms with Crippen LogP contribution in [0.4, 0.5) is 0 Å². The lowest BCUT2D eigenvalue weighted by Crippen LogP contribution is -2.56. The highest BCUT2D eigenvalue weighted by atomic mass is 16.3. The monoisotopic (exact) mass is 216 g/mol. The lowest BCUT2D eigenvalue weighted by molar-refractivity contribution is 0.0451. The van der Waals surface area contributed by atoms with Gasteiger partial charge in [-0.05, 0) is 25.8 Å². The summed E-state index contributed by atoms with van der Waals surface area (Å²) >= 11 is 0. The smallest absolute Gasteiger partial charge is 0.0584 e. The third-order valence-corrected chi connectivity index (χ3v) is 3.16. The highest BCUT2D eigenvalue weighted by Gasteiger charge is 2.34. The third-order valence-electron chi connectivity index (χ3n) is 3.16. The van der Waals surface area contributed by atoms with Crippen molar-refractivity contribution in [3.8, 4) is 0 Å². The Morgan fingerprint density at radius 2 is 1.80 bits per heavy atom. The van der Waals surface area contributed by atoms with Crippen molar-refractivity contribution in [1.82, 2.24) is 4.90 Å². The largest absolute Gasteiger partial charge is 0.395 e. The van der Waals surface area contributed by atoms with Gasteiger partial charge in [0, 0.05) is 18.1 Å². The molecule has 0 aromatic carbocycles. The highest BCUT2D eigenvalue weighted by molar-refractivity contribution is 4.91. The number of aliphatic hydroxyl groups is 1. The van der Waals surface area contributed by atoms with Crippen molar-refractivity contribution in [1.29, 1.82) is 0 Å². The van der Waals surface area contributed by atoms with Gasteiger partial charge >= 0.3 is 0 Å². The summed E-state index contributed by atoms with van der Waals surface area (Å²) in [6.07, 6.45) is 0.963. The summed E-state index contributed by atoms with van der Waals surface area (Å²) in [6.45, 7) is 10.9. The Balaban J connectivity index is 4.78. The molecule has 3 atom stereocenters. The van der Waals surface area contributed by atoms with Crippen LogP contribution in [0.25, 0.3) is 0 Å². The minimum Gasteiger partial charge on any atom is -0.395 e. The van der Waals surface area contributed by atoms with E-state index in [0.29, 0.717) is 6.04 Å². The van der Waals surface area contributed by atoms with Crippen LogP contribution < -0.4 is 5.73 Å². The molecule has 0 fully saturated rings. The summed E-state index contributed by atoms with van der Waals surface area (Å²) < 4.78 is 0. The summed E-state index contributed by atoms with van der Waals surface area (Å²) in [5.74, 6) is 0. The topological polar surface area (TPSA) is 49.5 Å². The number of nitrogens with two attached hydrogens (primary N) is 1. The third kappa shape index (κ3) is 4.09. The van der Waals surface area contributed by atoms with Gasteiger partial charge in [-0.15, -0.1) is 0 Å². The van der Waals surface area contributed by atoms with Gasteiger partial charge in [-0.2, -0.15) is 0 Å². The van der Waals surface area contributed by atoms with E-state index >= 15 is 0 Å². The van der Waals surface area contributed by atoms with E-state index in [1.54, 1.807) is 0 Å². The van der Waals surface area contributed by atoms with E-state index in [0.717, 1.165) is 6.42 Å². The molecule has 15 heavy (non-hydrogen) atoms. The molecule has 3 N–H and O–H groups in total. The molecule has 0 saturated carbocycles. The molecule has 3 nitrogen and oxygen atoms in total. The molecule has 0 aliphatic heterocycles. The van der Waals surface area contributed by atoms with Gasteiger partial charge in [0.25, 0.3) is 0 Å². The molecule has 0 aliphatic rings. The molecule has 0 amide bonds. The Labute approximate surface area is 94.6 Å². The van der Waals surface area contributed by atoms with Crippen molar-refractivity contribution in [2.75, 3.05) is 13.7 Å². The van der Waals surface area contributed by atoms with E-state index in [1.807, 2.05) is 14.0 Å². The molecular formula is C12H28N2O. The first-order chi connectivity index (χ1) is 6.75. The fourth-order valence-corrected chi connectivity index (χ4v) is 2.18. The van der Waals surface area contributed by atoms with Gasteiger partial charge in [0.2, 0.25) is 0 Å². The van der Waals surface area contributed by atoms with Crippen LogP contribution in [0, 0.1) is 5.41 Å². The number of aliphatic hydroxyl groups excluding tert-OH is 1. The predicted octanol–water partition coefficient (Wildman–Crippen LogP) is 1.45. The SMILES string of the molecule is CCC(N)C(N(C)C(C)CO)C(C)(C)C. The van der Waals surface area contributed by atoms with Crippen molar-refractivity contribution in [3.63, 3.8) is 0 Å². The van der Waals surface area contributed by atoms with Crippen molar-refractivity contribution < 1.29 is 5.11 Å². The summed E-state index contributed by atoms with van der Waals surface area (Å²) in [6, 6.07) is 0.612. The Bertz CT molecular complexity index is 177. The van der Waals surface area contributed by atoms with E-state index in [4.69, 9.17) is 5.73 Å². The molecule has 0 aliphatic carbocycles. The molecular weight excluding hydrogens is 188 g/mol. The van der Waals surface area contributed by atoms with E-state index < -0.39 is 0 Å². The molecule has 0 radical (unpaired) electrons. The fourth-order valence-electron chi connectivity index (χ4n) is 2.18. The molecule has 0 heterocycles. The molecule has 0 rings (SSSR count). The molecule has 0 spiro atoms. The molecule has 0 aromatic rings. The summed E-state index contributed by atoms with van der Waals surface area (Å²) in [7, 11) is 2.05. The van der Waals surface area contributed by atoms with E-state index in [1.165, 1.54) is 0 Å². The summed E-state index contributed by atoms with van der Waals surface area (Å²) in [4.78, 5) is 2.20. The molecule has 3 heteroatoms. The predicted molar refractivity (Wildman–Crippen MR) is 65.8 cm³/mol. The first-order valence-corrected chi connectivity index (χ1v) is 5.84. The van der Waals surface area contributed by atoms with E-state index in [-0.39, 0.29) is 24.1 Å². The van der Waals surface area contributed by atoms with Gasteiger partial charge in [-0.3, -0.25) is 4.90 Å². The van der Waals surface area contributed by atoms with Crippen molar-refractivity contribution in [2.45, 2.75) is 59.2 Å². The van der Waals surface area contributed by atoms with Crippen LogP contribution in [0.2, 0.25) is 0 Å². The Kier molecular flexibility index (Phi) is 5.78. The lowest BCUT2D eigenvalue weighted by atomic mass is 9.80. The van der Waals surface area contributed by atoms with Gasteiger partial charge in [-0.1, -0.05) is 27.7 Å². The van der Waals surface area contributed by atoms with Crippen LogP contribution in [0.3, 0.4) is 0 Å². The van der Waals surface area contributed by atoms with Crippen LogP contribution in [-0.2, 0) is 0 Å². The van der Waals surface area contributed by atoms with Crippen LogP contribution in [-0.4, -0.2) is 41.8 Å². The van der Waals surface area contributed by atoms with Gasteiger partial charge in [0.05, 0.1) is 6.61 Å². The highest BCUT2D eigenvalue weighted by Crippen LogP contribution is 2.27. The first kappa shape index (κ1) is 14.9. The molecule has 0 aromatic heterocycles. The van der Waals surface area contributed by atoms with Crippen LogP contribution >= 0.6 is 0 Å². The van der Waals surface area contributed by atoms with Crippen molar-refractivity contribution in [2.24, 2.45) is 11.1 Å². The van der Waals surface area contributed by atoms with E-state index in [9.17, 15) is 5.11 Å². The molecule has 0 saturated heterocycles. The minimum atomic E-state index is 0.133. The summed E-state index contributed by atoms with van der Waals surface area (Å²) in [5.41, 5.74) is 6.31. The van der Waals surface area contributed by atoms with Crippen LogP contribution in [0.15, 0.2) is 0 Å². The maximum Gasteiger partial charge on any atom is 0.0584 e. The standard InChI is InChI=1S/C12H28N2O/c1-7-10(13)11(12(3,4)5)14(6)9(2)8-15/h9-11,15H,7-8,13H2,1-6H3. The minimum absolute atomic E-state index is 0.133. The summed E-state index contributed by atoms with van der Waals surface area (Å²) in [5, 5.41) is 9.19. The Morgan fingerprint density at radius 3 is 2.07 bits per heavy atom. The Morgan fingerprint density at radius 1 is 1.33 bits per heavy atom. The number of nitrogens with zero attached hydrogens (tertiary/aromatic N) is 1. The van der Waals surface area contributed by atoms with E-state index in [2.05, 4.69) is 32.6 Å². The van der Waals surface area contributed by atoms with Gasteiger partial charge in [-0.25, -0.2) is 0 Å². The fraction of sp³-hybridized carbons (Fsp3) is 1.00. The number of rotatable bonds is 5. The zero-order valence-electron chi connectivity index (χ0n) is 11.1. The first-order valence-electron chi connectivity index (χ1n) is 5.84.